The molecule has 1 rings (SSSR count). The van der Waals surface area contributed by atoms with Gasteiger partial charge >= 0.3 is 10.3 Å². The molecule has 0 heterocycles. The number of rotatable bonds is 6. The van der Waals surface area contributed by atoms with Gasteiger partial charge in [0.05, 0.1) is 20.8 Å². The molecule has 0 aliphatic carbocycles. The molecule has 1 aromatic carbocycles. The first kappa shape index (κ1) is 13.8. The van der Waals surface area contributed by atoms with Crippen LogP contribution in [0.15, 0.2) is 18.2 Å². The Balaban J connectivity index is 2.66. The molecule has 2 N–H and O–H groups in total. The highest BCUT2D eigenvalue weighted by Gasteiger charge is 2.06. The lowest BCUT2D eigenvalue weighted by Gasteiger charge is -2.09. The van der Waals surface area contributed by atoms with Crippen LogP contribution in [0.4, 0.5) is 0 Å². The van der Waals surface area contributed by atoms with Gasteiger partial charge in [-0.2, -0.15) is 8.42 Å². The van der Waals surface area contributed by atoms with Crippen LogP contribution in [0.25, 0.3) is 0 Å². The predicted octanol–water partition coefficient (Wildman–Crippen LogP) is 0.466. The maximum Gasteiger partial charge on any atom is 0.333 e. The van der Waals surface area contributed by atoms with Gasteiger partial charge in [0, 0.05) is 0 Å². The number of ether oxygens (including phenoxy) is 2. The highest BCUT2D eigenvalue weighted by Crippen LogP contribution is 2.27. The summed E-state index contributed by atoms with van der Waals surface area (Å²) in [6, 6.07) is 5.30. The van der Waals surface area contributed by atoms with E-state index in [9.17, 15) is 8.42 Å². The molecule has 96 valence electrons. The molecular weight excluding hydrogens is 246 g/mol. The van der Waals surface area contributed by atoms with Gasteiger partial charge in [0.25, 0.3) is 0 Å². The first-order valence-electron chi connectivity index (χ1n) is 4.84. The lowest BCUT2D eigenvalue weighted by atomic mass is 10.1. The highest BCUT2D eigenvalue weighted by atomic mass is 32.2. The third-order valence-electron chi connectivity index (χ3n) is 2.09. The Hall–Kier alpha value is -1.31. The maximum atomic E-state index is 10.6. The van der Waals surface area contributed by atoms with Crippen molar-refractivity contribution in [3.05, 3.63) is 23.8 Å². The molecule has 0 amide bonds. The third-order valence-corrected chi connectivity index (χ3v) is 2.58. The van der Waals surface area contributed by atoms with Crippen LogP contribution in [0.2, 0.25) is 0 Å². The summed E-state index contributed by atoms with van der Waals surface area (Å²) in [5.41, 5.74) is 0.867. The van der Waals surface area contributed by atoms with Gasteiger partial charge in [-0.25, -0.2) is 5.14 Å². The number of methoxy groups -OCH3 is 2. The summed E-state index contributed by atoms with van der Waals surface area (Å²) in [6.45, 7) is -0.00564. The molecule has 0 radical (unpaired) electrons. The molecule has 6 nitrogen and oxygen atoms in total. The monoisotopic (exact) mass is 261 g/mol. The first-order chi connectivity index (χ1) is 7.96. The molecule has 0 unspecified atom stereocenters. The van der Waals surface area contributed by atoms with E-state index in [1.165, 1.54) is 7.11 Å². The van der Waals surface area contributed by atoms with Crippen molar-refractivity contribution in [1.29, 1.82) is 0 Å². The molecule has 0 saturated carbocycles. The molecule has 7 heteroatoms. The van der Waals surface area contributed by atoms with Crippen molar-refractivity contribution >= 4 is 10.3 Å². The van der Waals surface area contributed by atoms with E-state index in [0.29, 0.717) is 17.9 Å². The van der Waals surface area contributed by atoms with Crippen LogP contribution in [-0.2, 0) is 20.9 Å². The average molecular weight is 261 g/mol. The van der Waals surface area contributed by atoms with E-state index in [2.05, 4.69) is 4.18 Å². The Morgan fingerprint density at radius 3 is 2.35 bits per heavy atom. The van der Waals surface area contributed by atoms with E-state index in [1.54, 1.807) is 25.3 Å². The van der Waals surface area contributed by atoms with Gasteiger partial charge in [-0.05, 0) is 24.1 Å². The Bertz CT molecular complexity index is 472. The summed E-state index contributed by atoms with van der Waals surface area (Å²) in [6.07, 6.45) is 0.413. The zero-order valence-electron chi connectivity index (χ0n) is 9.67. The summed E-state index contributed by atoms with van der Waals surface area (Å²) in [4.78, 5) is 0. The minimum Gasteiger partial charge on any atom is -0.493 e. The minimum absolute atomic E-state index is 0.00564. The van der Waals surface area contributed by atoms with Crippen molar-refractivity contribution in [3.8, 4) is 11.5 Å². The second-order valence-electron chi connectivity index (χ2n) is 3.25. The smallest absolute Gasteiger partial charge is 0.333 e. The summed E-state index contributed by atoms with van der Waals surface area (Å²) in [5, 5.41) is 4.71. The van der Waals surface area contributed by atoms with Crippen molar-refractivity contribution in [3.63, 3.8) is 0 Å². The normalized spacial score (nSPS) is 11.2. The van der Waals surface area contributed by atoms with E-state index in [0.717, 1.165) is 5.56 Å². The summed E-state index contributed by atoms with van der Waals surface area (Å²) < 4.78 is 35.7. The Morgan fingerprint density at radius 1 is 1.18 bits per heavy atom. The largest absolute Gasteiger partial charge is 0.493 e. The zero-order valence-corrected chi connectivity index (χ0v) is 10.5. The van der Waals surface area contributed by atoms with E-state index < -0.39 is 10.3 Å². The van der Waals surface area contributed by atoms with Gasteiger partial charge in [0.2, 0.25) is 0 Å². The predicted molar refractivity (Wildman–Crippen MR) is 62.3 cm³/mol. The van der Waals surface area contributed by atoms with Gasteiger partial charge in [-0.3, -0.25) is 4.18 Å². The average Bonchev–Trinajstić information content (AvgIpc) is 2.27. The lowest BCUT2D eigenvalue weighted by molar-refractivity contribution is 0.322. The van der Waals surface area contributed by atoms with E-state index >= 15 is 0 Å². The standard InChI is InChI=1S/C10H15NO5S/c1-14-9-4-3-8(7-10(9)15-2)5-6-16-17(11,12)13/h3-4,7H,5-6H2,1-2H3,(H2,11,12,13). The Kier molecular flexibility index (Phi) is 4.73. The van der Waals surface area contributed by atoms with Crippen LogP contribution in [0.1, 0.15) is 5.56 Å². The molecule has 0 spiro atoms. The summed E-state index contributed by atoms with van der Waals surface area (Å²) >= 11 is 0. The summed E-state index contributed by atoms with van der Waals surface area (Å²) in [5.74, 6) is 1.20. The molecule has 0 fully saturated rings. The number of hydrogen-bond acceptors (Lipinski definition) is 5. The molecule has 0 aliphatic rings. The van der Waals surface area contributed by atoms with Crippen molar-refractivity contribution < 1.29 is 22.1 Å². The number of hydrogen-bond donors (Lipinski definition) is 1. The fourth-order valence-electron chi connectivity index (χ4n) is 1.31. The second-order valence-corrected chi connectivity index (χ2v) is 4.48. The van der Waals surface area contributed by atoms with Gasteiger partial charge < -0.3 is 9.47 Å². The van der Waals surface area contributed by atoms with E-state index in [4.69, 9.17) is 14.6 Å². The molecule has 0 saturated heterocycles. The van der Waals surface area contributed by atoms with Crippen LogP contribution >= 0.6 is 0 Å². The molecule has 0 atom stereocenters. The lowest BCUT2D eigenvalue weighted by Crippen LogP contribution is -2.17. The molecule has 17 heavy (non-hydrogen) atoms. The van der Waals surface area contributed by atoms with Crippen LogP contribution in [0.5, 0.6) is 11.5 Å². The topological polar surface area (TPSA) is 87.9 Å². The molecule has 1 aromatic rings. The van der Waals surface area contributed by atoms with Crippen LogP contribution in [0.3, 0.4) is 0 Å². The van der Waals surface area contributed by atoms with Crippen LogP contribution in [-0.4, -0.2) is 29.2 Å². The van der Waals surface area contributed by atoms with Crippen LogP contribution in [0, 0.1) is 0 Å². The molecular formula is C10H15NO5S. The number of nitrogens with two attached hydrogens (primary N) is 1. The van der Waals surface area contributed by atoms with Crippen LogP contribution < -0.4 is 14.6 Å². The van der Waals surface area contributed by atoms with Crippen molar-refractivity contribution in [2.45, 2.75) is 6.42 Å². The fourth-order valence-corrected chi connectivity index (χ4v) is 1.63. The summed E-state index contributed by atoms with van der Waals surface area (Å²) in [7, 11) is -0.805. The SMILES string of the molecule is COc1ccc(CCOS(N)(=O)=O)cc1OC. The van der Waals surface area contributed by atoms with Gasteiger partial charge in [-0.15, -0.1) is 0 Å². The quantitative estimate of drug-likeness (QED) is 0.804. The fraction of sp³-hybridized carbons (Fsp3) is 0.400. The maximum absolute atomic E-state index is 10.6. The van der Waals surface area contributed by atoms with Gasteiger partial charge in [0.1, 0.15) is 0 Å². The van der Waals surface area contributed by atoms with Crippen molar-refractivity contribution in [1.82, 2.24) is 0 Å². The first-order valence-corrected chi connectivity index (χ1v) is 6.31. The van der Waals surface area contributed by atoms with E-state index in [1.807, 2.05) is 0 Å². The van der Waals surface area contributed by atoms with Gasteiger partial charge in [0.15, 0.2) is 11.5 Å². The molecule has 0 bridgehead atoms. The number of benzene rings is 1. The van der Waals surface area contributed by atoms with E-state index in [-0.39, 0.29) is 6.61 Å². The minimum atomic E-state index is -3.88. The van der Waals surface area contributed by atoms with Gasteiger partial charge in [-0.1, -0.05) is 6.07 Å². The third kappa shape index (κ3) is 4.59. The highest BCUT2D eigenvalue weighted by molar-refractivity contribution is 7.84. The Labute approximate surface area is 101 Å². The van der Waals surface area contributed by atoms with Crippen molar-refractivity contribution in [2.24, 2.45) is 5.14 Å². The van der Waals surface area contributed by atoms with Crippen molar-refractivity contribution in [2.75, 3.05) is 20.8 Å². The molecule has 0 aliphatic heterocycles. The second kappa shape index (κ2) is 5.85. The molecule has 0 aromatic heterocycles. The Morgan fingerprint density at radius 2 is 1.82 bits per heavy atom. The zero-order chi connectivity index (χ0) is 12.9.